The average molecular weight is 367 g/mol. The van der Waals surface area contributed by atoms with Gasteiger partial charge in [0, 0.05) is 25.9 Å². The lowest BCUT2D eigenvalue weighted by Gasteiger charge is -2.38. The molecule has 1 unspecified atom stereocenters. The van der Waals surface area contributed by atoms with Gasteiger partial charge in [-0.3, -0.25) is 9.59 Å². The maximum atomic E-state index is 12.7. The highest BCUT2D eigenvalue weighted by atomic mass is 16.2. The van der Waals surface area contributed by atoms with E-state index < -0.39 is 0 Å². The minimum atomic E-state index is -0.0222. The number of unbranched alkanes of at least 4 members (excludes halogenated alkanes) is 8. The number of carbonyl (C=O) groups excluding carboxylic acids is 2. The molecule has 26 heavy (non-hydrogen) atoms. The Hall–Kier alpha value is -1.06. The normalized spacial score (nSPS) is 18.0. The van der Waals surface area contributed by atoms with Gasteiger partial charge < -0.3 is 9.80 Å². The maximum absolute atomic E-state index is 12.7. The first-order valence-corrected chi connectivity index (χ1v) is 11.2. The topological polar surface area (TPSA) is 40.6 Å². The molecule has 0 aromatic rings. The van der Waals surface area contributed by atoms with Gasteiger partial charge in [-0.05, 0) is 39.5 Å². The second kappa shape index (κ2) is 14.1. The Bertz CT molecular complexity index is 398. The lowest BCUT2D eigenvalue weighted by Crippen LogP contribution is -2.52. The van der Waals surface area contributed by atoms with E-state index >= 15 is 0 Å². The van der Waals surface area contributed by atoms with Crippen LogP contribution in [0.15, 0.2) is 0 Å². The van der Waals surface area contributed by atoms with E-state index in [1.807, 2.05) is 23.6 Å². The smallest absolute Gasteiger partial charge is 0.224 e. The lowest BCUT2D eigenvalue weighted by atomic mass is 10.1. The second-order valence-electron chi connectivity index (χ2n) is 7.66. The van der Waals surface area contributed by atoms with Crippen LogP contribution in [0.4, 0.5) is 0 Å². The summed E-state index contributed by atoms with van der Waals surface area (Å²) in [5, 5.41) is 0. The van der Waals surface area contributed by atoms with Crippen molar-refractivity contribution in [1.82, 2.24) is 9.80 Å². The Labute approximate surface area is 161 Å². The van der Waals surface area contributed by atoms with E-state index in [0.717, 1.165) is 32.1 Å². The lowest BCUT2D eigenvalue weighted by molar-refractivity contribution is -0.145. The molecule has 4 nitrogen and oxygen atoms in total. The third kappa shape index (κ3) is 8.09. The first-order chi connectivity index (χ1) is 12.7. The summed E-state index contributed by atoms with van der Waals surface area (Å²) in [6.07, 6.45) is 15.6. The molecule has 0 spiro atoms. The van der Waals surface area contributed by atoms with Gasteiger partial charge in [-0.2, -0.15) is 0 Å². The van der Waals surface area contributed by atoms with Gasteiger partial charge in [0.25, 0.3) is 0 Å². The Morgan fingerprint density at radius 3 is 2.15 bits per heavy atom. The minimum Gasteiger partial charge on any atom is -0.322 e. The number of amides is 2. The van der Waals surface area contributed by atoms with Crippen molar-refractivity contribution in [3.8, 4) is 0 Å². The fraction of sp³-hybridized carbons (Fsp3) is 0.909. The van der Waals surface area contributed by atoms with Crippen LogP contribution in [-0.4, -0.2) is 40.9 Å². The molecule has 2 amide bonds. The Kier molecular flexibility index (Phi) is 12.4. The standard InChI is InChI=1S/C22H42N2O2/c1-4-7-8-9-10-11-12-13-14-18-21(25)23(5-2)20-17-15-16-19-22(26)24(20)6-3/h20H,4-19H2,1-3H3. The number of carbonyl (C=O) groups is 2. The summed E-state index contributed by atoms with van der Waals surface area (Å²) in [6.45, 7) is 7.71. The first kappa shape index (κ1) is 23.0. The maximum Gasteiger partial charge on any atom is 0.224 e. The van der Waals surface area contributed by atoms with Crippen LogP contribution in [-0.2, 0) is 9.59 Å². The molecule has 1 rings (SSSR count). The predicted octanol–water partition coefficient (Wildman–Crippen LogP) is 5.50. The molecule has 1 fully saturated rings. The number of hydrogen-bond acceptors (Lipinski definition) is 2. The van der Waals surface area contributed by atoms with Crippen molar-refractivity contribution in [2.24, 2.45) is 0 Å². The fourth-order valence-corrected chi connectivity index (χ4v) is 4.06. The summed E-state index contributed by atoms with van der Waals surface area (Å²) in [7, 11) is 0. The second-order valence-corrected chi connectivity index (χ2v) is 7.66. The SMILES string of the molecule is CCCCCCCCCCCC(=O)N(CC)C1CCCCC(=O)N1CC. The Balaban J connectivity index is 2.33. The van der Waals surface area contributed by atoms with Crippen molar-refractivity contribution in [2.75, 3.05) is 13.1 Å². The van der Waals surface area contributed by atoms with Crippen molar-refractivity contribution in [3.05, 3.63) is 0 Å². The molecule has 0 saturated carbocycles. The monoisotopic (exact) mass is 366 g/mol. The molecule has 152 valence electrons. The average Bonchev–Trinajstić information content (AvgIpc) is 2.82. The van der Waals surface area contributed by atoms with Crippen LogP contribution < -0.4 is 0 Å². The quantitative estimate of drug-likeness (QED) is 0.404. The Morgan fingerprint density at radius 2 is 1.58 bits per heavy atom. The molecule has 0 aromatic carbocycles. The van der Waals surface area contributed by atoms with Gasteiger partial charge in [-0.1, -0.05) is 58.3 Å². The molecule has 1 atom stereocenters. The van der Waals surface area contributed by atoms with Gasteiger partial charge in [0.05, 0.1) is 0 Å². The van der Waals surface area contributed by atoms with E-state index in [0.29, 0.717) is 25.9 Å². The van der Waals surface area contributed by atoms with Crippen LogP contribution in [0, 0.1) is 0 Å². The molecular weight excluding hydrogens is 324 g/mol. The number of hydrogen-bond donors (Lipinski definition) is 0. The molecule has 1 aliphatic rings. The van der Waals surface area contributed by atoms with Crippen LogP contribution in [0.2, 0.25) is 0 Å². The highest BCUT2D eigenvalue weighted by Crippen LogP contribution is 2.22. The third-order valence-electron chi connectivity index (χ3n) is 5.64. The third-order valence-corrected chi connectivity index (χ3v) is 5.64. The van der Waals surface area contributed by atoms with Crippen LogP contribution in [0.3, 0.4) is 0 Å². The molecular formula is C22H42N2O2. The zero-order valence-corrected chi connectivity index (χ0v) is 17.6. The van der Waals surface area contributed by atoms with Gasteiger partial charge in [0.2, 0.25) is 11.8 Å². The minimum absolute atomic E-state index is 0.0222. The van der Waals surface area contributed by atoms with Crippen LogP contribution >= 0.6 is 0 Å². The molecule has 0 bridgehead atoms. The van der Waals surface area contributed by atoms with E-state index in [1.165, 1.54) is 44.9 Å². The first-order valence-electron chi connectivity index (χ1n) is 11.2. The number of nitrogens with zero attached hydrogens (tertiary/aromatic N) is 2. The molecule has 1 heterocycles. The summed E-state index contributed by atoms with van der Waals surface area (Å²) in [5.41, 5.74) is 0. The fourth-order valence-electron chi connectivity index (χ4n) is 4.06. The van der Waals surface area contributed by atoms with Crippen LogP contribution in [0.1, 0.15) is 111 Å². The molecule has 1 aliphatic heterocycles. The van der Waals surface area contributed by atoms with Gasteiger partial charge in [0.15, 0.2) is 0 Å². The predicted molar refractivity (Wildman–Crippen MR) is 109 cm³/mol. The van der Waals surface area contributed by atoms with E-state index in [9.17, 15) is 9.59 Å². The summed E-state index contributed by atoms with van der Waals surface area (Å²) in [5.74, 6) is 0.443. The molecule has 0 radical (unpaired) electrons. The van der Waals surface area contributed by atoms with Crippen molar-refractivity contribution in [3.63, 3.8) is 0 Å². The largest absolute Gasteiger partial charge is 0.322 e. The van der Waals surface area contributed by atoms with Crippen molar-refractivity contribution < 1.29 is 9.59 Å². The van der Waals surface area contributed by atoms with Gasteiger partial charge >= 0.3 is 0 Å². The molecule has 0 aromatic heterocycles. The van der Waals surface area contributed by atoms with E-state index in [-0.39, 0.29) is 18.0 Å². The summed E-state index contributed by atoms with van der Waals surface area (Å²) in [6, 6.07) is 0. The van der Waals surface area contributed by atoms with Crippen LogP contribution in [0.25, 0.3) is 0 Å². The van der Waals surface area contributed by atoms with Crippen molar-refractivity contribution in [2.45, 2.75) is 117 Å². The highest BCUT2D eigenvalue weighted by molar-refractivity contribution is 5.79. The van der Waals surface area contributed by atoms with E-state index in [1.54, 1.807) is 0 Å². The Morgan fingerprint density at radius 1 is 0.962 bits per heavy atom. The van der Waals surface area contributed by atoms with Gasteiger partial charge in [-0.25, -0.2) is 0 Å². The summed E-state index contributed by atoms with van der Waals surface area (Å²) < 4.78 is 0. The highest BCUT2D eigenvalue weighted by Gasteiger charge is 2.31. The van der Waals surface area contributed by atoms with Gasteiger partial charge in [-0.15, -0.1) is 0 Å². The summed E-state index contributed by atoms with van der Waals surface area (Å²) in [4.78, 5) is 28.9. The molecule has 0 aliphatic carbocycles. The zero-order valence-electron chi connectivity index (χ0n) is 17.6. The molecule has 0 N–H and O–H groups in total. The van der Waals surface area contributed by atoms with E-state index in [2.05, 4.69) is 6.92 Å². The molecule has 1 saturated heterocycles. The van der Waals surface area contributed by atoms with Gasteiger partial charge in [0.1, 0.15) is 6.17 Å². The number of rotatable bonds is 13. The van der Waals surface area contributed by atoms with E-state index in [4.69, 9.17) is 0 Å². The van der Waals surface area contributed by atoms with Crippen molar-refractivity contribution >= 4 is 11.8 Å². The summed E-state index contributed by atoms with van der Waals surface area (Å²) >= 11 is 0. The van der Waals surface area contributed by atoms with Crippen LogP contribution in [0.5, 0.6) is 0 Å². The zero-order chi connectivity index (χ0) is 19.2. The number of likely N-dealkylation sites (tertiary alicyclic amines) is 1. The van der Waals surface area contributed by atoms with Crippen molar-refractivity contribution in [1.29, 1.82) is 0 Å². The molecule has 4 heteroatoms.